The lowest BCUT2D eigenvalue weighted by Gasteiger charge is -2.22. The second kappa shape index (κ2) is 5.77. The van der Waals surface area contributed by atoms with Crippen LogP contribution in [0.4, 0.5) is 5.69 Å². The van der Waals surface area contributed by atoms with E-state index in [1.807, 2.05) is 23.1 Å². The van der Waals surface area contributed by atoms with Crippen molar-refractivity contribution in [2.75, 3.05) is 10.7 Å². The lowest BCUT2D eigenvalue weighted by molar-refractivity contribution is -0.645. The summed E-state index contributed by atoms with van der Waals surface area (Å²) in [7, 11) is 0. The molecule has 0 spiro atoms. The summed E-state index contributed by atoms with van der Waals surface area (Å²) in [5, 5.41) is 12.1. The number of hydrogen-bond acceptors (Lipinski definition) is 3. The Kier molecular flexibility index (Phi) is 3.84. The smallest absolute Gasteiger partial charge is 0.251 e. The van der Waals surface area contributed by atoms with Gasteiger partial charge in [-0.2, -0.15) is 4.73 Å². The van der Waals surface area contributed by atoms with Gasteiger partial charge in [0.1, 0.15) is 0 Å². The molecule has 0 N–H and O–H groups in total. The Labute approximate surface area is 128 Å². The molecule has 21 heavy (non-hydrogen) atoms. The molecule has 5 heteroatoms. The highest BCUT2D eigenvalue weighted by atomic mass is 32.2. The average molecular weight is 300 g/mol. The van der Waals surface area contributed by atoms with E-state index >= 15 is 0 Å². The monoisotopic (exact) mass is 300 g/mol. The van der Waals surface area contributed by atoms with E-state index in [-0.39, 0.29) is 17.7 Å². The van der Waals surface area contributed by atoms with E-state index in [1.54, 1.807) is 18.2 Å². The molecular formula is C16H16N2O2S. The van der Waals surface area contributed by atoms with Crippen molar-refractivity contribution in [1.29, 1.82) is 0 Å². The Hall–Kier alpha value is -2.01. The lowest BCUT2D eigenvalue weighted by Crippen LogP contribution is -2.37. The van der Waals surface area contributed by atoms with Crippen LogP contribution in [0.2, 0.25) is 0 Å². The number of anilines is 1. The quantitative estimate of drug-likeness (QED) is 0.497. The van der Waals surface area contributed by atoms with E-state index in [0.717, 1.165) is 16.8 Å². The van der Waals surface area contributed by atoms with Crippen LogP contribution in [0.3, 0.4) is 0 Å². The van der Waals surface area contributed by atoms with Crippen molar-refractivity contribution >= 4 is 23.4 Å². The number of pyridine rings is 1. The Morgan fingerprint density at radius 1 is 1.33 bits per heavy atom. The fourth-order valence-corrected chi connectivity index (χ4v) is 3.45. The number of para-hydroxylation sites is 1. The van der Waals surface area contributed by atoms with Crippen LogP contribution in [0.1, 0.15) is 12.5 Å². The number of hydrogen-bond donors (Lipinski definition) is 0. The summed E-state index contributed by atoms with van der Waals surface area (Å²) >= 11 is 1.28. The molecule has 0 saturated heterocycles. The minimum Gasteiger partial charge on any atom is -0.618 e. The van der Waals surface area contributed by atoms with Crippen LogP contribution in [0.25, 0.3) is 0 Å². The summed E-state index contributed by atoms with van der Waals surface area (Å²) in [6.07, 6.45) is 2.33. The summed E-state index contributed by atoms with van der Waals surface area (Å²) in [5.41, 5.74) is 2.21. The molecule has 0 saturated carbocycles. The molecule has 0 bridgehead atoms. The SMILES string of the molecule is CC1Cc2ccccc2N1C(=O)CSc1cccc[n+]1[O-]. The van der Waals surface area contributed by atoms with E-state index in [9.17, 15) is 10.0 Å². The van der Waals surface area contributed by atoms with Crippen molar-refractivity contribution in [3.8, 4) is 0 Å². The summed E-state index contributed by atoms with van der Waals surface area (Å²) in [6, 6.07) is 13.4. The highest BCUT2D eigenvalue weighted by Gasteiger charge is 2.30. The van der Waals surface area contributed by atoms with Crippen LogP contribution in [0, 0.1) is 5.21 Å². The number of nitrogens with zero attached hydrogens (tertiary/aromatic N) is 2. The Bertz CT molecular complexity index is 675. The molecule has 108 valence electrons. The Morgan fingerprint density at radius 2 is 2.10 bits per heavy atom. The van der Waals surface area contributed by atoms with Gasteiger partial charge < -0.3 is 10.1 Å². The van der Waals surface area contributed by atoms with Gasteiger partial charge in [0.05, 0.1) is 5.75 Å². The molecule has 0 fully saturated rings. The zero-order valence-corrected chi connectivity index (χ0v) is 12.5. The molecule has 1 aromatic heterocycles. The van der Waals surface area contributed by atoms with Crippen LogP contribution in [0.5, 0.6) is 0 Å². The summed E-state index contributed by atoms with van der Waals surface area (Å²) < 4.78 is 0.791. The molecule has 1 aliphatic rings. The topological polar surface area (TPSA) is 47.2 Å². The minimum atomic E-state index is 0.0429. The first-order chi connectivity index (χ1) is 10.2. The van der Waals surface area contributed by atoms with Crippen LogP contribution < -0.4 is 9.63 Å². The number of benzene rings is 1. The highest BCUT2D eigenvalue weighted by Crippen LogP contribution is 2.32. The lowest BCUT2D eigenvalue weighted by atomic mass is 10.1. The Morgan fingerprint density at radius 3 is 2.90 bits per heavy atom. The molecule has 3 rings (SSSR count). The van der Waals surface area contributed by atoms with Gasteiger partial charge in [0, 0.05) is 23.9 Å². The third-order valence-corrected chi connectivity index (χ3v) is 4.61. The standard InChI is InChI=1S/C16H16N2O2S/c1-12-10-13-6-2-3-7-14(13)18(12)15(19)11-21-16-8-4-5-9-17(16)20/h2-9,12H,10-11H2,1H3. The molecule has 1 atom stereocenters. The molecule has 0 radical (unpaired) electrons. The normalized spacial score (nSPS) is 16.8. The number of fused-ring (bicyclic) bond motifs is 1. The highest BCUT2D eigenvalue weighted by molar-refractivity contribution is 7.99. The number of carbonyl (C=O) groups is 1. The van der Waals surface area contributed by atoms with Crippen molar-refractivity contribution in [3.05, 3.63) is 59.4 Å². The van der Waals surface area contributed by atoms with Crippen LogP contribution in [-0.2, 0) is 11.2 Å². The van der Waals surface area contributed by atoms with E-state index < -0.39 is 0 Å². The number of thioether (sulfide) groups is 1. The third-order valence-electron chi connectivity index (χ3n) is 3.61. The third kappa shape index (κ3) is 2.74. The minimum absolute atomic E-state index is 0.0429. The molecule has 1 aliphatic heterocycles. The van der Waals surface area contributed by atoms with Gasteiger partial charge in [-0.1, -0.05) is 18.2 Å². The average Bonchev–Trinajstić information content (AvgIpc) is 2.82. The maximum Gasteiger partial charge on any atom is 0.251 e. The summed E-state index contributed by atoms with van der Waals surface area (Å²) in [4.78, 5) is 14.3. The molecule has 1 aromatic carbocycles. The fraction of sp³-hybridized carbons (Fsp3) is 0.250. The second-order valence-corrected chi connectivity index (χ2v) is 6.09. The number of rotatable bonds is 3. The second-order valence-electron chi connectivity index (χ2n) is 5.10. The van der Waals surface area contributed by atoms with Crippen molar-refractivity contribution in [2.24, 2.45) is 0 Å². The zero-order valence-electron chi connectivity index (χ0n) is 11.7. The first kappa shape index (κ1) is 13.9. The fourth-order valence-electron chi connectivity index (χ4n) is 2.68. The van der Waals surface area contributed by atoms with Gasteiger partial charge in [0.2, 0.25) is 5.91 Å². The van der Waals surface area contributed by atoms with Gasteiger partial charge in [-0.15, -0.1) is 0 Å². The number of amides is 1. The van der Waals surface area contributed by atoms with Gasteiger partial charge in [-0.3, -0.25) is 4.79 Å². The number of carbonyl (C=O) groups excluding carboxylic acids is 1. The maximum atomic E-state index is 12.5. The van der Waals surface area contributed by atoms with E-state index in [2.05, 4.69) is 13.0 Å². The van der Waals surface area contributed by atoms with Gasteiger partial charge in [-0.05, 0) is 42.8 Å². The number of aromatic nitrogens is 1. The zero-order chi connectivity index (χ0) is 14.8. The first-order valence-electron chi connectivity index (χ1n) is 6.88. The predicted octanol–water partition coefficient (Wildman–Crippen LogP) is 2.39. The maximum absolute atomic E-state index is 12.5. The van der Waals surface area contributed by atoms with Gasteiger partial charge >= 0.3 is 0 Å². The summed E-state index contributed by atoms with van der Waals surface area (Å²) in [6.45, 7) is 2.05. The molecule has 0 aliphatic carbocycles. The van der Waals surface area contributed by atoms with Crippen molar-refractivity contribution < 1.29 is 9.52 Å². The molecule has 1 unspecified atom stereocenters. The van der Waals surface area contributed by atoms with E-state index in [0.29, 0.717) is 5.03 Å². The van der Waals surface area contributed by atoms with E-state index in [4.69, 9.17) is 0 Å². The Balaban J connectivity index is 1.73. The predicted molar refractivity (Wildman–Crippen MR) is 83.2 cm³/mol. The van der Waals surface area contributed by atoms with Crippen LogP contribution >= 0.6 is 11.8 Å². The van der Waals surface area contributed by atoms with Crippen LogP contribution in [-0.4, -0.2) is 17.7 Å². The summed E-state index contributed by atoms with van der Waals surface area (Å²) in [5.74, 6) is 0.312. The van der Waals surface area contributed by atoms with Crippen molar-refractivity contribution in [1.82, 2.24) is 0 Å². The van der Waals surface area contributed by atoms with Gasteiger partial charge in [-0.25, -0.2) is 0 Å². The van der Waals surface area contributed by atoms with Crippen LogP contribution in [0.15, 0.2) is 53.7 Å². The first-order valence-corrected chi connectivity index (χ1v) is 7.86. The largest absolute Gasteiger partial charge is 0.618 e. The van der Waals surface area contributed by atoms with Gasteiger partial charge in [0.25, 0.3) is 5.03 Å². The van der Waals surface area contributed by atoms with E-state index in [1.165, 1.54) is 23.5 Å². The molecule has 4 nitrogen and oxygen atoms in total. The van der Waals surface area contributed by atoms with Crippen molar-refractivity contribution in [3.63, 3.8) is 0 Å². The molecule has 2 aromatic rings. The molecule has 1 amide bonds. The van der Waals surface area contributed by atoms with Crippen molar-refractivity contribution in [2.45, 2.75) is 24.4 Å². The molecular weight excluding hydrogens is 284 g/mol. The molecule has 2 heterocycles. The van der Waals surface area contributed by atoms with Gasteiger partial charge in [0.15, 0.2) is 6.20 Å².